The van der Waals surface area contributed by atoms with Gasteiger partial charge in [0.15, 0.2) is 0 Å². The molecule has 0 radical (unpaired) electrons. The Morgan fingerprint density at radius 2 is 2.50 bits per heavy atom. The molecular formula is C7H13NO2. The number of carbonyl (C=O) groups excluding carboxylic acids is 1. The highest BCUT2D eigenvalue weighted by Gasteiger charge is 2.30. The molecule has 1 fully saturated rings. The molecule has 10 heavy (non-hydrogen) atoms. The first kappa shape index (κ1) is 7.54. The Morgan fingerprint density at radius 1 is 1.80 bits per heavy atom. The Hall–Kier alpha value is -0.570. The molecule has 1 amide bonds. The number of β-lactam (4-membered cyclic amide) rings is 1. The van der Waals surface area contributed by atoms with Crippen molar-refractivity contribution in [2.24, 2.45) is 0 Å². The Balaban J connectivity index is 2.20. The number of amides is 1. The van der Waals surface area contributed by atoms with Crippen LogP contribution >= 0.6 is 0 Å². The largest absolute Gasteiger partial charge is 0.396 e. The summed E-state index contributed by atoms with van der Waals surface area (Å²) in [6, 6.07) is 0.402. The van der Waals surface area contributed by atoms with Crippen molar-refractivity contribution < 1.29 is 9.90 Å². The van der Waals surface area contributed by atoms with Crippen molar-refractivity contribution in [1.82, 2.24) is 4.90 Å². The van der Waals surface area contributed by atoms with E-state index in [9.17, 15) is 4.79 Å². The van der Waals surface area contributed by atoms with Crippen LogP contribution in [-0.4, -0.2) is 35.1 Å². The molecule has 3 heteroatoms. The Kier molecular flexibility index (Phi) is 2.27. The molecule has 1 rings (SSSR count). The second-order valence-corrected chi connectivity index (χ2v) is 2.72. The molecule has 0 aromatic heterocycles. The van der Waals surface area contributed by atoms with Crippen LogP contribution in [0.25, 0.3) is 0 Å². The number of nitrogens with zero attached hydrogens (tertiary/aromatic N) is 1. The fourth-order valence-corrected chi connectivity index (χ4v) is 1.20. The normalized spacial score (nSPS) is 24.8. The Bertz CT molecular complexity index is 136. The second kappa shape index (κ2) is 3.01. The van der Waals surface area contributed by atoms with E-state index >= 15 is 0 Å². The molecule has 3 nitrogen and oxygen atoms in total. The van der Waals surface area contributed by atoms with Crippen molar-refractivity contribution in [1.29, 1.82) is 0 Å². The molecule has 0 bridgehead atoms. The van der Waals surface area contributed by atoms with Gasteiger partial charge in [-0.15, -0.1) is 0 Å². The molecule has 1 saturated heterocycles. The molecule has 1 unspecified atom stereocenters. The van der Waals surface area contributed by atoms with Crippen LogP contribution in [0.3, 0.4) is 0 Å². The molecule has 0 aromatic carbocycles. The van der Waals surface area contributed by atoms with Crippen molar-refractivity contribution in [2.45, 2.75) is 25.8 Å². The Labute approximate surface area is 60.6 Å². The van der Waals surface area contributed by atoms with E-state index in [1.807, 2.05) is 6.92 Å². The maximum atomic E-state index is 10.8. The lowest BCUT2D eigenvalue weighted by molar-refractivity contribution is -0.145. The third-order valence-corrected chi connectivity index (χ3v) is 1.88. The maximum Gasteiger partial charge on any atom is 0.224 e. The summed E-state index contributed by atoms with van der Waals surface area (Å²) < 4.78 is 0. The van der Waals surface area contributed by atoms with Gasteiger partial charge in [0.2, 0.25) is 5.91 Å². The minimum atomic E-state index is 0.177. The third-order valence-electron chi connectivity index (χ3n) is 1.88. The molecule has 0 spiro atoms. The van der Waals surface area contributed by atoms with Gasteiger partial charge in [-0.1, -0.05) is 0 Å². The van der Waals surface area contributed by atoms with Gasteiger partial charge in [-0.25, -0.2) is 0 Å². The van der Waals surface area contributed by atoms with E-state index in [4.69, 9.17) is 5.11 Å². The molecule has 1 heterocycles. The van der Waals surface area contributed by atoms with E-state index in [1.165, 1.54) is 0 Å². The van der Waals surface area contributed by atoms with E-state index in [0.29, 0.717) is 18.9 Å². The van der Waals surface area contributed by atoms with Gasteiger partial charge in [0, 0.05) is 25.6 Å². The van der Waals surface area contributed by atoms with E-state index in [2.05, 4.69) is 0 Å². The van der Waals surface area contributed by atoms with Gasteiger partial charge in [-0.05, 0) is 13.3 Å². The van der Waals surface area contributed by atoms with Crippen molar-refractivity contribution in [3.05, 3.63) is 0 Å². The van der Waals surface area contributed by atoms with Gasteiger partial charge >= 0.3 is 0 Å². The number of hydrogen-bond acceptors (Lipinski definition) is 2. The third kappa shape index (κ3) is 1.29. The number of likely N-dealkylation sites (tertiary alicyclic amines) is 1. The number of carbonyl (C=O) groups is 1. The average Bonchev–Trinajstić information content (AvgIpc) is 1.89. The van der Waals surface area contributed by atoms with Gasteiger partial charge in [-0.2, -0.15) is 0 Å². The van der Waals surface area contributed by atoms with Gasteiger partial charge in [0.1, 0.15) is 0 Å². The van der Waals surface area contributed by atoms with Crippen LogP contribution in [0.5, 0.6) is 0 Å². The van der Waals surface area contributed by atoms with Crippen molar-refractivity contribution >= 4 is 5.91 Å². The van der Waals surface area contributed by atoms with Gasteiger partial charge < -0.3 is 10.0 Å². The molecular weight excluding hydrogens is 130 g/mol. The topological polar surface area (TPSA) is 40.5 Å². The van der Waals surface area contributed by atoms with Crippen molar-refractivity contribution in [3.63, 3.8) is 0 Å². The minimum Gasteiger partial charge on any atom is -0.396 e. The summed E-state index contributed by atoms with van der Waals surface area (Å²) in [4.78, 5) is 12.6. The van der Waals surface area contributed by atoms with Crippen molar-refractivity contribution in [3.8, 4) is 0 Å². The van der Waals surface area contributed by atoms with Crippen LogP contribution in [0.2, 0.25) is 0 Å². The van der Waals surface area contributed by atoms with Crippen LogP contribution in [0, 0.1) is 0 Å². The van der Waals surface area contributed by atoms with E-state index in [0.717, 1.165) is 6.54 Å². The fourth-order valence-electron chi connectivity index (χ4n) is 1.20. The lowest BCUT2D eigenvalue weighted by Crippen LogP contribution is -2.51. The van der Waals surface area contributed by atoms with Crippen LogP contribution in [0.4, 0.5) is 0 Å². The van der Waals surface area contributed by atoms with Crippen LogP contribution in [0.15, 0.2) is 0 Å². The first-order chi connectivity index (χ1) is 4.75. The lowest BCUT2D eigenvalue weighted by Gasteiger charge is -2.38. The van der Waals surface area contributed by atoms with E-state index in [1.54, 1.807) is 4.90 Å². The average molecular weight is 143 g/mol. The number of rotatable bonds is 3. The van der Waals surface area contributed by atoms with E-state index in [-0.39, 0.29) is 12.5 Å². The SMILES string of the molecule is CC1CC(=O)N1CCCO. The predicted octanol–water partition coefficient (Wildman–Crippen LogP) is -0.0104. The smallest absolute Gasteiger partial charge is 0.224 e. The highest BCUT2D eigenvalue weighted by Crippen LogP contribution is 2.17. The standard InChI is InChI=1S/C7H13NO2/c1-6-5-7(10)8(6)3-2-4-9/h6,9H,2-5H2,1H3. The monoisotopic (exact) mass is 143 g/mol. The van der Waals surface area contributed by atoms with Crippen molar-refractivity contribution in [2.75, 3.05) is 13.2 Å². The van der Waals surface area contributed by atoms with E-state index < -0.39 is 0 Å². The van der Waals surface area contributed by atoms with Crippen LogP contribution < -0.4 is 0 Å². The highest BCUT2D eigenvalue weighted by molar-refractivity contribution is 5.82. The van der Waals surface area contributed by atoms with Gasteiger partial charge in [0.25, 0.3) is 0 Å². The molecule has 0 aliphatic carbocycles. The van der Waals surface area contributed by atoms with Crippen LogP contribution in [-0.2, 0) is 4.79 Å². The van der Waals surface area contributed by atoms with Gasteiger partial charge in [0.05, 0.1) is 0 Å². The Morgan fingerprint density at radius 3 is 2.90 bits per heavy atom. The lowest BCUT2D eigenvalue weighted by atomic mass is 10.0. The highest BCUT2D eigenvalue weighted by atomic mass is 16.3. The first-order valence-corrected chi connectivity index (χ1v) is 3.66. The zero-order valence-electron chi connectivity index (χ0n) is 6.21. The zero-order chi connectivity index (χ0) is 7.56. The molecule has 58 valence electrons. The second-order valence-electron chi connectivity index (χ2n) is 2.72. The molecule has 0 saturated carbocycles. The predicted molar refractivity (Wildman–Crippen MR) is 37.5 cm³/mol. The first-order valence-electron chi connectivity index (χ1n) is 3.66. The summed E-state index contributed by atoms with van der Waals surface area (Å²) in [6.45, 7) is 2.92. The summed E-state index contributed by atoms with van der Waals surface area (Å²) in [7, 11) is 0. The molecule has 1 atom stereocenters. The number of hydrogen-bond donors (Lipinski definition) is 1. The molecule has 0 aromatic rings. The minimum absolute atomic E-state index is 0.177. The fraction of sp³-hybridized carbons (Fsp3) is 0.857. The molecule has 1 N–H and O–H groups in total. The summed E-state index contributed by atoms with van der Waals surface area (Å²) in [5, 5.41) is 8.47. The van der Waals surface area contributed by atoms with Gasteiger partial charge in [-0.3, -0.25) is 4.79 Å². The number of aliphatic hydroxyl groups excluding tert-OH is 1. The summed E-state index contributed by atoms with van der Waals surface area (Å²) >= 11 is 0. The molecule has 1 aliphatic rings. The number of aliphatic hydroxyl groups is 1. The summed E-state index contributed by atoms with van der Waals surface area (Å²) in [5.41, 5.74) is 0. The molecule has 1 aliphatic heterocycles. The van der Waals surface area contributed by atoms with Crippen LogP contribution in [0.1, 0.15) is 19.8 Å². The summed E-state index contributed by atoms with van der Waals surface area (Å²) in [6.07, 6.45) is 1.39. The zero-order valence-corrected chi connectivity index (χ0v) is 6.21. The quantitative estimate of drug-likeness (QED) is 0.564. The summed E-state index contributed by atoms with van der Waals surface area (Å²) in [5.74, 6) is 0.223. The maximum absolute atomic E-state index is 10.8.